The molecule has 0 bridgehead atoms. The van der Waals surface area contributed by atoms with Crippen molar-refractivity contribution >= 4 is 30.0 Å². The zero-order valence-corrected chi connectivity index (χ0v) is 14.9. The Morgan fingerprint density at radius 1 is 1.25 bits per heavy atom. The van der Waals surface area contributed by atoms with Crippen molar-refractivity contribution in [2.45, 2.75) is 44.6 Å². The molecular formula is C17H25ClN2O4. The molecule has 3 N–H and O–H groups in total. The van der Waals surface area contributed by atoms with Crippen LogP contribution < -0.4 is 15.8 Å². The topological polar surface area (TPSA) is 90.6 Å². The number of halogens is 1. The highest BCUT2D eigenvalue weighted by Gasteiger charge is 2.35. The molecule has 0 saturated heterocycles. The Balaban J connectivity index is 0.00000288. The van der Waals surface area contributed by atoms with Gasteiger partial charge in [-0.05, 0) is 43.5 Å². The van der Waals surface area contributed by atoms with Crippen LogP contribution in [-0.2, 0) is 14.3 Å². The summed E-state index contributed by atoms with van der Waals surface area (Å²) in [7, 11) is 1.31. The van der Waals surface area contributed by atoms with E-state index in [2.05, 4.69) is 10.1 Å². The van der Waals surface area contributed by atoms with Crippen LogP contribution in [0.15, 0.2) is 18.2 Å². The molecule has 1 amide bonds. The first kappa shape index (κ1) is 20.3. The van der Waals surface area contributed by atoms with E-state index in [0.717, 1.165) is 37.7 Å². The van der Waals surface area contributed by atoms with Crippen LogP contribution in [0.2, 0.25) is 0 Å². The van der Waals surface area contributed by atoms with E-state index in [4.69, 9.17) is 10.5 Å². The number of methoxy groups -OCH3 is 1. The first-order valence-corrected chi connectivity index (χ1v) is 7.85. The lowest BCUT2D eigenvalue weighted by atomic mass is 9.82. The van der Waals surface area contributed by atoms with Crippen LogP contribution >= 0.6 is 12.4 Å². The number of amides is 1. The van der Waals surface area contributed by atoms with Crippen molar-refractivity contribution in [1.29, 1.82) is 0 Å². The number of anilines is 1. The predicted molar refractivity (Wildman–Crippen MR) is 94.6 cm³/mol. The summed E-state index contributed by atoms with van der Waals surface area (Å²) in [6.45, 7) is 1.72. The summed E-state index contributed by atoms with van der Waals surface area (Å²) in [6, 6.07) is 5.23. The van der Waals surface area contributed by atoms with Gasteiger partial charge in [-0.15, -0.1) is 12.4 Å². The molecule has 0 unspecified atom stereocenters. The van der Waals surface area contributed by atoms with Crippen molar-refractivity contribution < 1.29 is 19.1 Å². The van der Waals surface area contributed by atoms with Gasteiger partial charge in [-0.1, -0.05) is 19.3 Å². The number of benzene rings is 1. The number of nitrogens with two attached hydrogens (primary N) is 1. The number of esters is 1. The summed E-state index contributed by atoms with van der Waals surface area (Å²) in [6.07, 6.45) is 4.56. The molecule has 1 aliphatic carbocycles. The van der Waals surface area contributed by atoms with Gasteiger partial charge in [0.2, 0.25) is 5.91 Å². The second kappa shape index (κ2) is 8.89. The molecule has 24 heavy (non-hydrogen) atoms. The molecule has 2 rings (SSSR count). The van der Waals surface area contributed by atoms with E-state index >= 15 is 0 Å². The fraction of sp³-hybridized carbons (Fsp3) is 0.529. The SMILES string of the molecule is COC(=O)COc1ccc(NC(=O)C2(N)CCCCC2)c(C)c1.Cl. The standard InChI is InChI=1S/C17H24N2O4.ClH/c1-12-10-13(23-11-15(20)22-2)6-7-14(12)19-16(21)17(18)8-4-3-5-9-17;/h6-7,10H,3-5,8-9,11,18H2,1-2H3,(H,19,21);1H. The van der Waals surface area contributed by atoms with Crippen LogP contribution in [-0.4, -0.2) is 31.1 Å². The number of aryl methyl sites for hydroxylation is 1. The quantitative estimate of drug-likeness (QED) is 0.791. The Morgan fingerprint density at radius 3 is 2.50 bits per heavy atom. The van der Waals surface area contributed by atoms with Gasteiger partial charge < -0.3 is 20.5 Å². The van der Waals surface area contributed by atoms with E-state index < -0.39 is 11.5 Å². The number of carbonyl (C=O) groups is 2. The van der Waals surface area contributed by atoms with Crippen molar-refractivity contribution in [1.82, 2.24) is 0 Å². The number of carbonyl (C=O) groups excluding carboxylic acids is 2. The molecule has 0 spiro atoms. The normalized spacial score (nSPS) is 15.8. The summed E-state index contributed by atoms with van der Waals surface area (Å²) in [5.74, 6) is -0.0306. The van der Waals surface area contributed by atoms with Gasteiger partial charge in [-0.25, -0.2) is 4.79 Å². The second-order valence-electron chi connectivity index (χ2n) is 6.01. The fourth-order valence-corrected chi connectivity index (χ4v) is 2.72. The summed E-state index contributed by atoms with van der Waals surface area (Å²) < 4.78 is 9.85. The lowest BCUT2D eigenvalue weighted by Gasteiger charge is -2.32. The highest BCUT2D eigenvalue weighted by atomic mass is 35.5. The van der Waals surface area contributed by atoms with E-state index in [1.54, 1.807) is 18.2 Å². The maximum absolute atomic E-state index is 12.5. The van der Waals surface area contributed by atoms with E-state index in [1.807, 2.05) is 6.92 Å². The minimum absolute atomic E-state index is 0. The van der Waals surface area contributed by atoms with E-state index in [0.29, 0.717) is 11.4 Å². The van der Waals surface area contributed by atoms with Crippen molar-refractivity contribution in [2.24, 2.45) is 5.73 Å². The largest absolute Gasteiger partial charge is 0.482 e. The van der Waals surface area contributed by atoms with Crippen LogP contribution in [0.25, 0.3) is 0 Å². The molecule has 134 valence electrons. The van der Waals surface area contributed by atoms with Gasteiger partial charge in [0.25, 0.3) is 0 Å². The first-order chi connectivity index (χ1) is 10.9. The molecule has 1 saturated carbocycles. The molecule has 1 aliphatic rings. The van der Waals surface area contributed by atoms with Gasteiger partial charge in [-0.3, -0.25) is 4.79 Å². The average Bonchev–Trinajstić information content (AvgIpc) is 2.55. The van der Waals surface area contributed by atoms with Crippen LogP contribution in [0.3, 0.4) is 0 Å². The summed E-state index contributed by atoms with van der Waals surface area (Å²) in [4.78, 5) is 23.5. The number of hydrogen-bond acceptors (Lipinski definition) is 5. The summed E-state index contributed by atoms with van der Waals surface area (Å²) in [5, 5.41) is 2.91. The third kappa shape index (κ3) is 5.11. The lowest BCUT2D eigenvalue weighted by Crippen LogP contribution is -2.52. The third-order valence-corrected chi connectivity index (χ3v) is 4.23. The highest BCUT2D eigenvalue weighted by Crippen LogP contribution is 2.28. The van der Waals surface area contributed by atoms with E-state index in [9.17, 15) is 9.59 Å². The Labute approximate surface area is 148 Å². The van der Waals surface area contributed by atoms with Gasteiger partial charge in [0, 0.05) is 5.69 Å². The van der Waals surface area contributed by atoms with Gasteiger partial charge in [0.1, 0.15) is 5.75 Å². The molecule has 1 aromatic carbocycles. The molecule has 1 aromatic rings. The van der Waals surface area contributed by atoms with Gasteiger partial charge in [-0.2, -0.15) is 0 Å². The van der Waals surface area contributed by atoms with Crippen LogP contribution in [0, 0.1) is 6.92 Å². The smallest absolute Gasteiger partial charge is 0.343 e. The summed E-state index contributed by atoms with van der Waals surface area (Å²) in [5.41, 5.74) is 7.02. The van der Waals surface area contributed by atoms with Crippen LogP contribution in [0.1, 0.15) is 37.7 Å². The van der Waals surface area contributed by atoms with Gasteiger partial charge in [0.05, 0.1) is 12.6 Å². The monoisotopic (exact) mass is 356 g/mol. The minimum atomic E-state index is -0.773. The van der Waals surface area contributed by atoms with Gasteiger partial charge in [0.15, 0.2) is 6.61 Å². The van der Waals surface area contributed by atoms with E-state index in [1.165, 1.54) is 7.11 Å². The average molecular weight is 357 g/mol. The molecule has 7 heteroatoms. The Bertz CT molecular complexity index is 586. The molecule has 0 radical (unpaired) electrons. The predicted octanol–water partition coefficient (Wildman–Crippen LogP) is 2.57. The molecule has 1 fully saturated rings. The zero-order chi connectivity index (χ0) is 16.9. The van der Waals surface area contributed by atoms with Crippen molar-refractivity contribution in [2.75, 3.05) is 19.0 Å². The molecule has 0 atom stereocenters. The first-order valence-electron chi connectivity index (χ1n) is 7.85. The molecule has 0 aromatic heterocycles. The molecule has 0 heterocycles. The van der Waals surface area contributed by atoms with Crippen molar-refractivity contribution in [3.8, 4) is 5.75 Å². The number of nitrogens with one attached hydrogen (secondary N) is 1. The van der Waals surface area contributed by atoms with Crippen molar-refractivity contribution in [3.05, 3.63) is 23.8 Å². The highest BCUT2D eigenvalue weighted by molar-refractivity contribution is 5.98. The third-order valence-electron chi connectivity index (χ3n) is 4.23. The maximum atomic E-state index is 12.5. The minimum Gasteiger partial charge on any atom is -0.482 e. The molecular weight excluding hydrogens is 332 g/mol. The summed E-state index contributed by atoms with van der Waals surface area (Å²) >= 11 is 0. The van der Waals surface area contributed by atoms with Crippen LogP contribution in [0.5, 0.6) is 5.75 Å². The lowest BCUT2D eigenvalue weighted by molar-refractivity contribution is -0.142. The number of rotatable bonds is 5. The number of hydrogen-bond donors (Lipinski definition) is 2. The Hall–Kier alpha value is -1.79. The van der Waals surface area contributed by atoms with E-state index in [-0.39, 0.29) is 24.9 Å². The fourth-order valence-electron chi connectivity index (χ4n) is 2.72. The van der Waals surface area contributed by atoms with Crippen LogP contribution in [0.4, 0.5) is 5.69 Å². The Morgan fingerprint density at radius 2 is 1.92 bits per heavy atom. The van der Waals surface area contributed by atoms with Gasteiger partial charge >= 0.3 is 5.97 Å². The second-order valence-corrected chi connectivity index (χ2v) is 6.01. The van der Waals surface area contributed by atoms with Crippen molar-refractivity contribution in [3.63, 3.8) is 0 Å². The Kier molecular flexibility index (Phi) is 7.51. The number of ether oxygens (including phenoxy) is 2. The molecule has 0 aliphatic heterocycles. The molecule has 6 nitrogen and oxygen atoms in total. The zero-order valence-electron chi connectivity index (χ0n) is 14.1. The maximum Gasteiger partial charge on any atom is 0.343 e.